The molecule has 0 unspecified atom stereocenters. The van der Waals surface area contributed by atoms with E-state index in [2.05, 4.69) is 31.0 Å². The Hall–Kier alpha value is -2.20. The van der Waals surface area contributed by atoms with Crippen LogP contribution in [0.5, 0.6) is 5.75 Å². The number of rotatable bonds is 7. The van der Waals surface area contributed by atoms with Gasteiger partial charge in [-0.05, 0) is 54.8 Å². The molecule has 1 aromatic heterocycles. The van der Waals surface area contributed by atoms with Gasteiger partial charge in [0, 0.05) is 38.1 Å². The predicted molar refractivity (Wildman–Crippen MR) is 116 cm³/mol. The van der Waals surface area contributed by atoms with E-state index >= 15 is 0 Å². The highest BCUT2D eigenvalue weighted by atomic mass is 32.2. The van der Waals surface area contributed by atoms with Crippen molar-refractivity contribution in [2.24, 2.45) is 0 Å². The summed E-state index contributed by atoms with van der Waals surface area (Å²) in [6, 6.07) is 14.0. The van der Waals surface area contributed by atoms with Crippen molar-refractivity contribution in [2.45, 2.75) is 11.3 Å². The summed E-state index contributed by atoms with van der Waals surface area (Å²) in [6.07, 6.45) is 0.734. The maximum Gasteiger partial charge on any atom is 0.240 e. The van der Waals surface area contributed by atoms with Crippen LogP contribution in [0.3, 0.4) is 0 Å². The summed E-state index contributed by atoms with van der Waals surface area (Å²) in [4.78, 5) is 4.77. The molecule has 0 bridgehead atoms. The lowest BCUT2D eigenvalue weighted by Crippen LogP contribution is -2.47. The number of piperazine rings is 1. The number of nitrogens with zero attached hydrogens (tertiary/aromatic N) is 3. The van der Waals surface area contributed by atoms with Crippen molar-refractivity contribution in [3.05, 3.63) is 48.5 Å². The number of sulfonamides is 1. The zero-order chi connectivity index (χ0) is 20.3. The van der Waals surface area contributed by atoms with Gasteiger partial charge >= 0.3 is 0 Å². The summed E-state index contributed by atoms with van der Waals surface area (Å²) in [6.45, 7) is 4.92. The average Bonchev–Trinajstić information content (AvgIpc) is 3.16. The van der Waals surface area contributed by atoms with Crippen molar-refractivity contribution in [3.63, 3.8) is 0 Å². The third kappa shape index (κ3) is 4.69. The first kappa shape index (κ1) is 20.1. The predicted octanol–water partition coefficient (Wildman–Crippen LogP) is 2.49. The lowest BCUT2D eigenvalue weighted by Gasteiger charge is -2.35. The van der Waals surface area contributed by atoms with Gasteiger partial charge in [-0.25, -0.2) is 13.1 Å². The molecule has 0 saturated carbocycles. The minimum atomic E-state index is -3.59. The number of phenols is 1. The van der Waals surface area contributed by atoms with Gasteiger partial charge in [0.25, 0.3) is 0 Å². The second-order valence-corrected chi connectivity index (χ2v) is 9.65. The highest BCUT2D eigenvalue weighted by Crippen LogP contribution is 2.29. The van der Waals surface area contributed by atoms with Gasteiger partial charge in [-0.15, -0.1) is 0 Å². The molecule has 1 aliphatic heterocycles. The molecule has 4 rings (SSSR count). The van der Waals surface area contributed by atoms with E-state index in [1.54, 1.807) is 11.5 Å². The van der Waals surface area contributed by atoms with Crippen LogP contribution in [0.15, 0.2) is 53.4 Å². The molecule has 1 aliphatic rings. The number of nitrogens with one attached hydrogen (secondary N) is 1. The van der Waals surface area contributed by atoms with Crippen LogP contribution in [0.4, 0.5) is 5.82 Å². The Balaban J connectivity index is 1.23. The minimum Gasteiger partial charge on any atom is -0.508 e. The summed E-state index contributed by atoms with van der Waals surface area (Å²) in [5.41, 5.74) is 0. The molecule has 9 heteroatoms. The number of aromatic nitrogens is 1. The first-order chi connectivity index (χ1) is 14.0. The van der Waals surface area contributed by atoms with Gasteiger partial charge in [0.1, 0.15) is 11.6 Å². The first-order valence-corrected chi connectivity index (χ1v) is 11.9. The molecule has 7 nitrogen and oxygen atoms in total. The van der Waals surface area contributed by atoms with Crippen LogP contribution in [0.25, 0.3) is 10.1 Å². The number of anilines is 1. The largest absolute Gasteiger partial charge is 0.508 e. The fourth-order valence-corrected chi connectivity index (χ4v) is 5.44. The van der Waals surface area contributed by atoms with Crippen LogP contribution in [0.2, 0.25) is 0 Å². The zero-order valence-electron chi connectivity index (χ0n) is 16.0. The molecule has 2 heterocycles. The number of hydrogen-bond donors (Lipinski definition) is 2. The number of hydrogen-bond acceptors (Lipinski definition) is 7. The molecule has 2 aromatic carbocycles. The molecule has 29 heavy (non-hydrogen) atoms. The van der Waals surface area contributed by atoms with Crippen molar-refractivity contribution >= 4 is 37.5 Å². The molecular formula is C20H24N4O3S2. The second-order valence-electron chi connectivity index (χ2n) is 7.08. The normalized spacial score (nSPS) is 15.8. The molecule has 0 aliphatic carbocycles. The van der Waals surface area contributed by atoms with Gasteiger partial charge in [0.15, 0.2) is 0 Å². The summed E-state index contributed by atoms with van der Waals surface area (Å²) in [7, 11) is -3.59. The Morgan fingerprint density at radius 3 is 2.66 bits per heavy atom. The zero-order valence-corrected chi connectivity index (χ0v) is 17.6. The van der Waals surface area contributed by atoms with Crippen LogP contribution >= 0.6 is 11.5 Å². The van der Waals surface area contributed by atoms with Crippen molar-refractivity contribution in [1.29, 1.82) is 0 Å². The van der Waals surface area contributed by atoms with Crippen LogP contribution < -0.4 is 9.62 Å². The maximum absolute atomic E-state index is 12.3. The number of phenolic OH excluding ortho intramolecular Hbond substituents is 1. The molecule has 2 N–H and O–H groups in total. The van der Waals surface area contributed by atoms with Gasteiger partial charge in [-0.3, -0.25) is 4.90 Å². The Labute approximate surface area is 174 Å². The molecule has 1 saturated heterocycles. The standard InChI is InChI=1S/C20H24N4O3S2/c25-16-5-3-6-17(15-16)29(26,27)21-9-4-10-23-11-13-24(14-12-23)20-18-7-1-2-8-19(18)28-22-20/h1-3,5-8,15,21,25H,4,9-14H2. The number of fused-ring (bicyclic) bond motifs is 1. The van der Waals surface area contributed by atoms with Gasteiger partial charge < -0.3 is 10.0 Å². The first-order valence-electron chi connectivity index (χ1n) is 9.63. The van der Waals surface area contributed by atoms with Crippen LogP contribution in [-0.2, 0) is 10.0 Å². The lowest BCUT2D eigenvalue weighted by molar-refractivity contribution is 0.255. The monoisotopic (exact) mass is 432 g/mol. The van der Waals surface area contributed by atoms with Crippen molar-refractivity contribution in [3.8, 4) is 5.75 Å². The minimum absolute atomic E-state index is 0.0568. The highest BCUT2D eigenvalue weighted by molar-refractivity contribution is 7.89. The van der Waals surface area contributed by atoms with Gasteiger partial charge in [-0.2, -0.15) is 4.37 Å². The topological polar surface area (TPSA) is 85.8 Å². The van der Waals surface area contributed by atoms with Gasteiger partial charge in [0.2, 0.25) is 10.0 Å². The van der Waals surface area contributed by atoms with Crippen LogP contribution in [0, 0.1) is 0 Å². The summed E-state index contributed by atoms with van der Waals surface area (Å²) in [5, 5.41) is 10.7. The van der Waals surface area contributed by atoms with E-state index in [0.29, 0.717) is 6.54 Å². The summed E-state index contributed by atoms with van der Waals surface area (Å²) >= 11 is 1.54. The number of benzene rings is 2. The van der Waals surface area contributed by atoms with E-state index in [9.17, 15) is 13.5 Å². The Kier molecular flexibility index (Phi) is 6.00. The molecular weight excluding hydrogens is 408 g/mol. The van der Waals surface area contributed by atoms with Gasteiger partial charge in [0.05, 0.1) is 9.60 Å². The van der Waals surface area contributed by atoms with Gasteiger partial charge in [-0.1, -0.05) is 18.2 Å². The van der Waals surface area contributed by atoms with Crippen molar-refractivity contribution in [1.82, 2.24) is 14.0 Å². The molecule has 1 fully saturated rings. The van der Waals surface area contributed by atoms with Crippen molar-refractivity contribution in [2.75, 3.05) is 44.2 Å². The molecule has 0 amide bonds. The fourth-order valence-electron chi connectivity index (χ4n) is 3.53. The molecule has 0 spiro atoms. The smallest absolute Gasteiger partial charge is 0.240 e. The maximum atomic E-state index is 12.3. The third-order valence-electron chi connectivity index (χ3n) is 5.10. The fraction of sp³-hybridized carbons (Fsp3) is 0.350. The average molecular weight is 433 g/mol. The quantitative estimate of drug-likeness (QED) is 0.558. The van der Waals surface area contributed by atoms with E-state index < -0.39 is 10.0 Å². The van der Waals surface area contributed by atoms with E-state index in [4.69, 9.17) is 0 Å². The molecule has 0 radical (unpaired) electrons. The summed E-state index contributed by atoms with van der Waals surface area (Å²) < 4.78 is 33.0. The van der Waals surface area contributed by atoms with E-state index in [-0.39, 0.29) is 10.6 Å². The van der Waals surface area contributed by atoms with Crippen molar-refractivity contribution < 1.29 is 13.5 Å². The van der Waals surface area contributed by atoms with E-state index in [1.165, 1.54) is 34.4 Å². The Morgan fingerprint density at radius 1 is 1.07 bits per heavy atom. The van der Waals surface area contributed by atoms with E-state index in [0.717, 1.165) is 45.0 Å². The van der Waals surface area contributed by atoms with Crippen LogP contribution in [0.1, 0.15) is 6.42 Å². The lowest BCUT2D eigenvalue weighted by atomic mass is 10.2. The Bertz CT molecular complexity index is 1080. The Morgan fingerprint density at radius 2 is 1.86 bits per heavy atom. The summed E-state index contributed by atoms with van der Waals surface area (Å²) in [5.74, 6) is 1.02. The highest BCUT2D eigenvalue weighted by Gasteiger charge is 2.20. The molecule has 3 aromatic rings. The molecule has 154 valence electrons. The number of aromatic hydroxyl groups is 1. The SMILES string of the molecule is O=S(=O)(NCCCN1CCN(c2nsc3ccccc23)CC1)c1cccc(O)c1. The van der Waals surface area contributed by atoms with E-state index in [1.807, 2.05) is 12.1 Å². The second kappa shape index (κ2) is 8.66. The third-order valence-corrected chi connectivity index (χ3v) is 7.38. The molecule has 0 atom stereocenters. The van der Waals surface area contributed by atoms with Crippen LogP contribution in [-0.4, -0.2) is 62.1 Å².